The fraction of sp³-hybridized carbons (Fsp3) is 0.545. The smallest absolute Gasteiger partial charge is 0.264 e. The van der Waals surface area contributed by atoms with Crippen LogP contribution in [0, 0.1) is 0 Å². The SMILES string of the molecule is COCCNCC(O)Cn1cccc(Br)c1=O. The van der Waals surface area contributed by atoms with Crippen LogP contribution in [0.15, 0.2) is 27.6 Å². The minimum atomic E-state index is -0.598. The Morgan fingerprint density at radius 1 is 1.65 bits per heavy atom. The van der Waals surface area contributed by atoms with Crippen molar-refractivity contribution in [2.75, 3.05) is 26.8 Å². The lowest BCUT2D eigenvalue weighted by Crippen LogP contribution is -2.35. The number of ether oxygens (including phenoxy) is 1. The Morgan fingerprint density at radius 3 is 3.12 bits per heavy atom. The van der Waals surface area contributed by atoms with E-state index in [0.29, 0.717) is 24.2 Å². The number of rotatable bonds is 7. The molecule has 1 aromatic rings. The molecule has 1 atom stereocenters. The number of pyridine rings is 1. The number of hydrogen-bond donors (Lipinski definition) is 2. The first-order valence-electron chi connectivity index (χ1n) is 5.38. The van der Waals surface area contributed by atoms with Gasteiger partial charge in [0.15, 0.2) is 0 Å². The first-order valence-corrected chi connectivity index (χ1v) is 6.17. The van der Waals surface area contributed by atoms with Crippen molar-refractivity contribution >= 4 is 15.9 Å². The molecule has 1 heterocycles. The Bertz CT molecular complexity index is 395. The molecule has 17 heavy (non-hydrogen) atoms. The topological polar surface area (TPSA) is 63.5 Å². The van der Waals surface area contributed by atoms with Crippen LogP contribution in [0.1, 0.15) is 0 Å². The lowest BCUT2D eigenvalue weighted by atomic mass is 10.3. The largest absolute Gasteiger partial charge is 0.390 e. The number of aromatic nitrogens is 1. The van der Waals surface area contributed by atoms with E-state index in [2.05, 4.69) is 21.2 Å². The van der Waals surface area contributed by atoms with Gasteiger partial charge in [-0.15, -0.1) is 0 Å². The van der Waals surface area contributed by atoms with E-state index in [9.17, 15) is 9.90 Å². The summed E-state index contributed by atoms with van der Waals surface area (Å²) >= 11 is 3.16. The van der Waals surface area contributed by atoms with Crippen molar-refractivity contribution in [1.82, 2.24) is 9.88 Å². The lowest BCUT2D eigenvalue weighted by Gasteiger charge is -2.13. The molecule has 0 amide bonds. The summed E-state index contributed by atoms with van der Waals surface area (Å²) in [6, 6.07) is 3.44. The normalized spacial score (nSPS) is 12.6. The van der Waals surface area contributed by atoms with Gasteiger partial charge in [-0.05, 0) is 28.1 Å². The van der Waals surface area contributed by atoms with Crippen molar-refractivity contribution in [2.45, 2.75) is 12.6 Å². The molecule has 5 nitrogen and oxygen atoms in total. The van der Waals surface area contributed by atoms with Gasteiger partial charge in [-0.25, -0.2) is 0 Å². The van der Waals surface area contributed by atoms with Crippen LogP contribution in [0.5, 0.6) is 0 Å². The molecule has 96 valence electrons. The Kier molecular flexibility index (Phi) is 6.43. The second-order valence-corrected chi connectivity index (χ2v) is 4.52. The monoisotopic (exact) mass is 304 g/mol. The molecule has 0 radical (unpaired) electrons. The van der Waals surface area contributed by atoms with Crippen molar-refractivity contribution < 1.29 is 9.84 Å². The Balaban J connectivity index is 2.42. The molecule has 0 bridgehead atoms. The third-order valence-electron chi connectivity index (χ3n) is 2.24. The molecule has 0 spiro atoms. The maximum Gasteiger partial charge on any atom is 0.264 e. The first-order chi connectivity index (χ1) is 8.15. The Hall–Kier alpha value is -0.690. The summed E-state index contributed by atoms with van der Waals surface area (Å²) < 4.78 is 6.85. The molecule has 1 aromatic heterocycles. The summed E-state index contributed by atoms with van der Waals surface area (Å²) in [4.78, 5) is 11.6. The van der Waals surface area contributed by atoms with Gasteiger partial charge >= 0.3 is 0 Å². The van der Waals surface area contributed by atoms with Crippen LogP contribution in [0.3, 0.4) is 0 Å². The van der Waals surface area contributed by atoms with E-state index in [1.165, 1.54) is 4.57 Å². The zero-order valence-electron chi connectivity index (χ0n) is 9.73. The molecule has 0 saturated carbocycles. The average molecular weight is 305 g/mol. The van der Waals surface area contributed by atoms with Crippen LogP contribution in [0.4, 0.5) is 0 Å². The predicted octanol–water partition coefficient (Wildman–Crippen LogP) is 0.208. The standard InChI is InChI=1S/C11H17BrN2O3/c1-17-6-4-13-7-9(15)8-14-5-2-3-10(12)11(14)16/h2-3,5,9,13,15H,4,6-8H2,1H3. The zero-order chi connectivity index (χ0) is 12.7. The second-order valence-electron chi connectivity index (χ2n) is 3.66. The van der Waals surface area contributed by atoms with Crippen LogP contribution in [0.25, 0.3) is 0 Å². The molecule has 0 saturated heterocycles. The highest BCUT2D eigenvalue weighted by atomic mass is 79.9. The van der Waals surface area contributed by atoms with Crippen LogP contribution in [0.2, 0.25) is 0 Å². The van der Waals surface area contributed by atoms with E-state index in [-0.39, 0.29) is 12.1 Å². The van der Waals surface area contributed by atoms with Crippen LogP contribution in [-0.2, 0) is 11.3 Å². The van der Waals surface area contributed by atoms with Gasteiger partial charge in [0.1, 0.15) is 0 Å². The van der Waals surface area contributed by atoms with E-state index in [0.717, 1.165) is 0 Å². The maximum atomic E-state index is 11.6. The molecule has 0 aromatic carbocycles. The molecule has 2 N–H and O–H groups in total. The van der Waals surface area contributed by atoms with Crippen LogP contribution < -0.4 is 10.9 Å². The Morgan fingerprint density at radius 2 is 2.41 bits per heavy atom. The molecule has 0 fully saturated rings. The van der Waals surface area contributed by atoms with E-state index in [1.807, 2.05) is 0 Å². The molecule has 0 aliphatic heterocycles. The highest BCUT2D eigenvalue weighted by molar-refractivity contribution is 9.10. The maximum absolute atomic E-state index is 11.6. The van der Waals surface area contributed by atoms with Gasteiger partial charge in [0, 0.05) is 26.4 Å². The van der Waals surface area contributed by atoms with Crippen molar-refractivity contribution in [2.24, 2.45) is 0 Å². The average Bonchev–Trinajstić information content (AvgIpc) is 2.31. The van der Waals surface area contributed by atoms with Gasteiger partial charge < -0.3 is 19.7 Å². The van der Waals surface area contributed by atoms with E-state index in [1.54, 1.807) is 25.4 Å². The minimum absolute atomic E-state index is 0.136. The summed E-state index contributed by atoms with van der Waals surface area (Å²) in [6.07, 6.45) is 1.06. The summed E-state index contributed by atoms with van der Waals surface area (Å²) in [5.41, 5.74) is -0.136. The van der Waals surface area contributed by atoms with Crippen LogP contribution >= 0.6 is 15.9 Å². The number of hydrogen-bond acceptors (Lipinski definition) is 4. The summed E-state index contributed by atoms with van der Waals surface area (Å²) in [5, 5.41) is 12.8. The van der Waals surface area contributed by atoms with Crippen molar-refractivity contribution in [3.63, 3.8) is 0 Å². The van der Waals surface area contributed by atoms with E-state index >= 15 is 0 Å². The van der Waals surface area contributed by atoms with Crippen LogP contribution in [-0.4, -0.2) is 42.6 Å². The summed E-state index contributed by atoms with van der Waals surface area (Å²) in [7, 11) is 1.62. The lowest BCUT2D eigenvalue weighted by molar-refractivity contribution is 0.142. The van der Waals surface area contributed by atoms with E-state index in [4.69, 9.17) is 4.74 Å². The molecule has 1 unspecified atom stereocenters. The fourth-order valence-corrected chi connectivity index (χ4v) is 1.77. The second kappa shape index (κ2) is 7.60. The number of aliphatic hydroxyl groups excluding tert-OH is 1. The van der Waals surface area contributed by atoms with Gasteiger partial charge in [-0.1, -0.05) is 0 Å². The third-order valence-corrected chi connectivity index (χ3v) is 2.85. The van der Waals surface area contributed by atoms with E-state index < -0.39 is 6.10 Å². The van der Waals surface area contributed by atoms with Gasteiger partial charge in [0.25, 0.3) is 5.56 Å². The molecular formula is C11H17BrN2O3. The number of nitrogens with one attached hydrogen (secondary N) is 1. The predicted molar refractivity (Wildman–Crippen MR) is 69.2 cm³/mol. The highest BCUT2D eigenvalue weighted by Crippen LogP contribution is 2.01. The molecule has 0 aliphatic rings. The molecule has 6 heteroatoms. The Labute approximate surface area is 109 Å². The zero-order valence-corrected chi connectivity index (χ0v) is 11.3. The number of aliphatic hydroxyl groups is 1. The number of halogens is 1. The van der Waals surface area contributed by atoms with Gasteiger partial charge in [-0.2, -0.15) is 0 Å². The molecule has 1 rings (SSSR count). The highest BCUT2D eigenvalue weighted by Gasteiger charge is 2.07. The minimum Gasteiger partial charge on any atom is -0.390 e. The number of methoxy groups -OCH3 is 1. The van der Waals surface area contributed by atoms with Gasteiger partial charge in [-0.3, -0.25) is 4.79 Å². The quantitative estimate of drug-likeness (QED) is 0.707. The summed E-state index contributed by atoms with van der Waals surface area (Å²) in [6.45, 7) is 1.99. The van der Waals surface area contributed by atoms with Crippen molar-refractivity contribution in [3.05, 3.63) is 33.2 Å². The number of nitrogens with zero attached hydrogens (tertiary/aromatic N) is 1. The van der Waals surface area contributed by atoms with Crippen molar-refractivity contribution in [3.8, 4) is 0 Å². The summed E-state index contributed by atoms with van der Waals surface area (Å²) in [5.74, 6) is 0. The molecular weight excluding hydrogens is 288 g/mol. The molecule has 0 aliphatic carbocycles. The van der Waals surface area contributed by atoms with Gasteiger partial charge in [0.05, 0.1) is 23.7 Å². The fourth-order valence-electron chi connectivity index (χ4n) is 1.39. The third kappa shape index (κ3) is 4.99. The van der Waals surface area contributed by atoms with Gasteiger partial charge in [0.2, 0.25) is 0 Å². The first kappa shape index (κ1) is 14.4. The van der Waals surface area contributed by atoms with Crippen molar-refractivity contribution in [1.29, 1.82) is 0 Å².